The van der Waals surface area contributed by atoms with Gasteiger partial charge in [-0.3, -0.25) is 19.9 Å². The van der Waals surface area contributed by atoms with Gasteiger partial charge in [-0.25, -0.2) is 5.43 Å². The van der Waals surface area contributed by atoms with Crippen LogP contribution in [0, 0.1) is 10.1 Å². The minimum absolute atomic E-state index is 0.0159. The summed E-state index contributed by atoms with van der Waals surface area (Å²) in [6, 6.07) is 11.8. The summed E-state index contributed by atoms with van der Waals surface area (Å²) < 4.78 is 10.8. The fourth-order valence-corrected chi connectivity index (χ4v) is 2.66. The molecule has 2 N–H and O–H groups in total. The van der Waals surface area contributed by atoms with Crippen LogP contribution in [0.2, 0.25) is 0 Å². The number of benzene rings is 2. The summed E-state index contributed by atoms with van der Waals surface area (Å²) in [5.41, 5.74) is 3.04. The zero-order valence-electron chi connectivity index (χ0n) is 17.0. The number of H-pyrrole nitrogens is 1. The van der Waals surface area contributed by atoms with Crippen LogP contribution in [0.4, 0.5) is 11.6 Å². The number of aromatic amines is 1. The second-order valence-electron chi connectivity index (χ2n) is 6.58. The molecule has 160 valence electrons. The van der Waals surface area contributed by atoms with E-state index in [0.717, 1.165) is 0 Å². The third-order valence-corrected chi connectivity index (χ3v) is 3.96. The van der Waals surface area contributed by atoms with Gasteiger partial charge in [0.05, 0.1) is 24.4 Å². The number of nitrogens with one attached hydrogen (secondary N) is 2. The van der Waals surface area contributed by atoms with E-state index >= 15 is 0 Å². The van der Waals surface area contributed by atoms with Crippen LogP contribution in [0.1, 0.15) is 19.4 Å². The van der Waals surface area contributed by atoms with Crippen LogP contribution in [-0.2, 0) is 0 Å². The summed E-state index contributed by atoms with van der Waals surface area (Å²) in [6.45, 7) is 3.51. The second-order valence-corrected chi connectivity index (χ2v) is 6.58. The Labute approximate surface area is 176 Å². The van der Waals surface area contributed by atoms with Crippen LogP contribution < -0.4 is 20.5 Å². The maximum Gasteiger partial charge on any atom is 0.315 e. The predicted molar refractivity (Wildman–Crippen MR) is 115 cm³/mol. The number of hydrogen-bond donors (Lipinski definition) is 2. The van der Waals surface area contributed by atoms with Gasteiger partial charge in [0.25, 0.3) is 5.56 Å². The Kier molecular flexibility index (Phi) is 6.55. The second kappa shape index (κ2) is 9.48. The van der Waals surface area contributed by atoms with E-state index in [0.29, 0.717) is 11.1 Å². The van der Waals surface area contributed by atoms with Crippen molar-refractivity contribution in [3.05, 3.63) is 68.5 Å². The summed E-state index contributed by atoms with van der Waals surface area (Å²) in [7, 11) is 1.39. The van der Waals surface area contributed by atoms with E-state index in [4.69, 9.17) is 9.47 Å². The Balaban J connectivity index is 1.82. The highest BCUT2D eigenvalue weighted by Crippen LogP contribution is 2.38. The van der Waals surface area contributed by atoms with Gasteiger partial charge in [-0.05, 0) is 19.9 Å². The van der Waals surface area contributed by atoms with Gasteiger partial charge < -0.3 is 9.47 Å². The Bertz CT molecular complexity index is 1160. The number of methoxy groups -OCH3 is 1. The normalized spacial score (nSPS) is 11.0. The first-order valence-corrected chi connectivity index (χ1v) is 9.23. The topological polar surface area (TPSA) is 145 Å². The van der Waals surface area contributed by atoms with Crippen LogP contribution in [0.15, 0.2) is 52.4 Å². The molecule has 0 radical (unpaired) electrons. The maximum atomic E-state index is 12.2. The van der Waals surface area contributed by atoms with Crippen LogP contribution in [0.5, 0.6) is 11.5 Å². The molecule has 3 rings (SSSR count). The summed E-state index contributed by atoms with van der Waals surface area (Å²) in [5.74, 6) is 0.256. The lowest BCUT2D eigenvalue weighted by atomic mass is 10.2. The van der Waals surface area contributed by atoms with Crippen molar-refractivity contribution in [3.8, 4) is 22.8 Å². The number of nitro benzene ring substituents is 1. The van der Waals surface area contributed by atoms with Crippen molar-refractivity contribution in [2.45, 2.75) is 20.0 Å². The zero-order valence-corrected chi connectivity index (χ0v) is 17.0. The number of aromatic nitrogens is 3. The SMILES string of the molecule is COc1cc(/C=N/Nc2nnc(-c3ccccc3)c(=O)[nH]2)cc([N+](=O)[O-])c1OC(C)C. The minimum Gasteiger partial charge on any atom is -0.493 e. The predicted octanol–water partition coefficient (Wildman–Crippen LogP) is 2.98. The summed E-state index contributed by atoms with van der Waals surface area (Å²) in [4.78, 5) is 25.7. The van der Waals surface area contributed by atoms with Gasteiger partial charge in [0.15, 0.2) is 11.4 Å². The highest BCUT2D eigenvalue weighted by Gasteiger charge is 2.23. The summed E-state index contributed by atoms with van der Waals surface area (Å²) in [6.07, 6.45) is 1.04. The molecule has 0 bridgehead atoms. The molecule has 0 spiro atoms. The van der Waals surface area contributed by atoms with Crippen molar-refractivity contribution in [2.75, 3.05) is 12.5 Å². The van der Waals surface area contributed by atoms with Crippen molar-refractivity contribution >= 4 is 17.9 Å². The van der Waals surface area contributed by atoms with Gasteiger partial charge in [0, 0.05) is 17.2 Å². The lowest BCUT2D eigenvalue weighted by molar-refractivity contribution is -0.386. The van der Waals surface area contributed by atoms with Crippen LogP contribution in [-0.4, -0.2) is 39.5 Å². The van der Waals surface area contributed by atoms with Gasteiger partial charge in [-0.2, -0.15) is 5.10 Å². The van der Waals surface area contributed by atoms with E-state index < -0.39 is 10.5 Å². The van der Waals surface area contributed by atoms with Crippen molar-refractivity contribution in [1.29, 1.82) is 0 Å². The Morgan fingerprint density at radius 1 is 1.23 bits per heavy atom. The van der Waals surface area contributed by atoms with Crippen LogP contribution in [0.25, 0.3) is 11.3 Å². The number of ether oxygens (including phenoxy) is 2. The largest absolute Gasteiger partial charge is 0.493 e. The first-order chi connectivity index (χ1) is 14.9. The van der Waals surface area contributed by atoms with Crippen LogP contribution in [0.3, 0.4) is 0 Å². The Morgan fingerprint density at radius 2 is 1.97 bits per heavy atom. The Hall–Kier alpha value is -4.28. The van der Waals surface area contributed by atoms with E-state index in [2.05, 4.69) is 25.7 Å². The fourth-order valence-electron chi connectivity index (χ4n) is 2.66. The molecule has 0 aliphatic heterocycles. The highest BCUT2D eigenvalue weighted by atomic mass is 16.6. The molecule has 0 aliphatic carbocycles. The molecule has 0 aliphatic rings. The van der Waals surface area contributed by atoms with Gasteiger partial charge in [-0.15, -0.1) is 10.2 Å². The monoisotopic (exact) mass is 424 g/mol. The number of hydrogen-bond acceptors (Lipinski definition) is 9. The van der Waals surface area contributed by atoms with Gasteiger partial charge in [-0.1, -0.05) is 30.3 Å². The average molecular weight is 424 g/mol. The van der Waals surface area contributed by atoms with Gasteiger partial charge >= 0.3 is 5.69 Å². The quantitative estimate of drug-likeness (QED) is 0.319. The number of anilines is 1. The standard InChI is InChI=1S/C20H20N6O5/c1-12(2)31-18-15(26(28)29)9-13(10-16(18)30-3)11-21-24-20-22-19(27)17(23-25-20)14-7-5-4-6-8-14/h4-12H,1-3H3,(H2,22,24,25,27)/b21-11+. The molecule has 3 aromatic rings. The molecule has 1 aromatic heterocycles. The summed E-state index contributed by atoms with van der Waals surface area (Å²) in [5, 5.41) is 23.2. The molecule has 31 heavy (non-hydrogen) atoms. The van der Waals surface area contributed by atoms with E-state index in [1.807, 2.05) is 6.07 Å². The molecular formula is C20H20N6O5. The molecule has 2 aromatic carbocycles. The smallest absolute Gasteiger partial charge is 0.315 e. The molecule has 1 heterocycles. The Morgan fingerprint density at radius 3 is 2.58 bits per heavy atom. The minimum atomic E-state index is -0.559. The van der Waals surface area contributed by atoms with Crippen molar-refractivity contribution < 1.29 is 14.4 Å². The number of nitrogens with zero attached hydrogens (tertiary/aromatic N) is 4. The molecule has 0 atom stereocenters. The van der Waals surface area contributed by atoms with Crippen molar-refractivity contribution in [3.63, 3.8) is 0 Å². The molecule has 0 unspecified atom stereocenters. The van der Waals surface area contributed by atoms with Crippen molar-refractivity contribution in [2.24, 2.45) is 5.10 Å². The van der Waals surface area contributed by atoms with Crippen molar-refractivity contribution in [1.82, 2.24) is 15.2 Å². The highest BCUT2D eigenvalue weighted by molar-refractivity contribution is 5.83. The van der Waals surface area contributed by atoms with Crippen LogP contribution >= 0.6 is 0 Å². The zero-order chi connectivity index (χ0) is 22.4. The third kappa shape index (κ3) is 5.21. The first kappa shape index (κ1) is 21.4. The lowest BCUT2D eigenvalue weighted by Gasteiger charge is -2.14. The van der Waals surface area contributed by atoms with E-state index in [9.17, 15) is 14.9 Å². The fraction of sp³-hybridized carbons (Fsp3) is 0.200. The number of nitro groups is 1. The lowest BCUT2D eigenvalue weighted by Crippen LogP contribution is -2.15. The van der Waals surface area contributed by atoms with E-state index in [-0.39, 0.29) is 34.9 Å². The average Bonchev–Trinajstić information content (AvgIpc) is 2.74. The number of hydrazone groups is 1. The third-order valence-electron chi connectivity index (χ3n) is 3.96. The molecule has 11 heteroatoms. The van der Waals surface area contributed by atoms with Gasteiger partial charge in [0.2, 0.25) is 11.7 Å². The van der Waals surface area contributed by atoms with E-state index in [1.165, 1.54) is 19.4 Å². The number of rotatable bonds is 8. The first-order valence-electron chi connectivity index (χ1n) is 9.23. The maximum absolute atomic E-state index is 12.2. The molecule has 0 saturated carbocycles. The molecule has 0 saturated heterocycles. The van der Waals surface area contributed by atoms with Gasteiger partial charge in [0.1, 0.15) is 0 Å². The molecule has 0 amide bonds. The molecular weight excluding hydrogens is 404 g/mol. The van der Waals surface area contributed by atoms with E-state index in [1.54, 1.807) is 44.2 Å². The summed E-state index contributed by atoms with van der Waals surface area (Å²) >= 11 is 0. The molecule has 0 fully saturated rings. The molecule has 11 nitrogen and oxygen atoms in total.